The Balaban J connectivity index is 3.63. The predicted octanol–water partition coefficient (Wildman–Crippen LogP) is -2.36. The number of hydrogen-bond donors (Lipinski definition) is 0. The molecule has 0 N–H and O–H groups in total. The first kappa shape index (κ1) is 8.42. The topological polar surface area (TPSA) is 80.3 Å². The molecule has 0 unspecified atom stereocenters. The van der Waals surface area contributed by atoms with Gasteiger partial charge >= 0.3 is 0 Å². The lowest BCUT2D eigenvalue weighted by atomic mass is 10.3. The van der Waals surface area contributed by atoms with Crippen LogP contribution in [0.25, 0.3) is 0 Å². The van der Waals surface area contributed by atoms with Crippen LogP contribution >= 0.6 is 15.9 Å². The van der Waals surface area contributed by atoms with E-state index in [1.807, 2.05) is 0 Å². The minimum Gasteiger partial charge on any atom is -0.550 e. The average Bonchev–Trinajstić information content (AvgIpc) is 1.63. The average molecular weight is 195 g/mol. The van der Waals surface area contributed by atoms with Crippen molar-refractivity contribution in [1.82, 2.24) is 0 Å². The minimum absolute atomic E-state index is 0.567. The number of carboxylic acids is 2. The van der Waals surface area contributed by atoms with Gasteiger partial charge in [0.15, 0.2) is 0 Å². The highest BCUT2D eigenvalue weighted by atomic mass is 79.9. The van der Waals surface area contributed by atoms with Crippen LogP contribution in [0.1, 0.15) is 6.42 Å². The molecule has 0 aliphatic carbocycles. The lowest BCUT2D eigenvalue weighted by molar-refractivity contribution is -0.314. The predicted molar refractivity (Wildman–Crippen MR) is 27.3 cm³/mol. The maximum Gasteiger partial charge on any atom is 0.0593 e. The van der Waals surface area contributed by atoms with Gasteiger partial charge in [0.2, 0.25) is 0 Å². The van der Waals surface area contributed by atoms with Gasteiger partial charge in [-0.3, -0.25) is 0 Å². The van der Waals surface area contributed by atoms with Crippen molar-refractivity contribution in [2.75, 3.05) is 0 Å². The second kappa shape index (κ2) is 3.45. The van der Waals surface area contributed by atoms with Crippen LogP contribution in [-0.2, 0) is 9.59 Å². The van der Waals surface area contributed by atoms with Crippen molar-refractivity contribution in [3.63, 3.8) is 0 Å². The molecule has 0 aromatic heterocycles. The van der Waals surface area contributed by atoms with Crippen molar-refractivity contribution in [3.8, 4) is 0 Å². The van der Waals surface area contributed by atoms with E-state index in [2.05, 4.69) is 15.9 Å². The number of alkyl halides is 1. The summed E-state index contributed by atoms with van der Waals surface area (Å²) in [6.45, 7) is 0. The second-order valence-corrected chi connectivity index (χ2v) is 2.47. The van der Waals surface area contributed by atoms with Gasteiger partial charge in [0, 0.05) is 12.4 Å². The molecule has 52 valence electrons. The highest BCUT2D eigenvalue weighted by Crippen LogP contribution is 2.01. The molecule has 0 aliphatic rings. The van der Waals surface area contributed by atoms with Crippen LogP contribution in [0.5, 0.6) is 0 Å². The van der Waals surface area contributed by atoms with Crippen LogP contribution in [0, 0.1) is 0 Å². The van der Waals surface area contributed by atoms with Gasteiger partial charge in [-0.2, -0.15) is 0 Å². The third-order valence-corrected chi connectivity index (χ3v) is 1.30. The van der Waals surface area contributed by atoms with Crippen molar-refractivity contribution in [2.24, 2.45) is 0 Å². The Morgan fingerprint density at radius 1 is 1.44 bits per heavy atom. The maximum atomic E-state index is 9.79. The van der Waals surface area contributed by atoms with E-state index in [-0.39, 0.29) is 0 Å². The summed E-state index contributed by atoms with van der Waals surface area (Å²) in [6, 6.07) is 0. The van der Waals surface area contributed by atoms with E-state index in [0.29, 0.717) is 0 Å². The molecule has 0 amide bonds. The number of aliphatic carboxylic acids is 2. The highest BCUT2D eigenvalue weighted by Gasteiger charge is 2.03. The first-order chi connectivity index (χ1) is 4.04. The van der Waals surface area contributed by atoms with Crippen LogP contribution in [-0.4, -0.2) is 16.8 Å². The van der Waals surface area contributed by atoms with Gasteiger partial charge in [0.25, 0.3) is 0 Å². The fraction of sp³-hybridized carbons (Fsp3) is 0.500. The Morgan fingerprint density at radius 3 is 2.00 bits per heavy atom. The van der Waals surface area contributed by atoms with Crippen molar-refractivity contribution >= 4 is 27.9 Å². The van der Waals surface area contributed by atoms with Gasteiger partial charge in [0.1, 0.15) is 0 Å². The summed E-state index contributed by atoms with van der Waals surface area (Å²) < 4.78 is 0. The molecule has 0 heterocycles. The van der Waals surface area contributed by atoms with Crippen molar-refractivity contribution in [3.05, 3.63) is 0 Å². The molecule has 0 fully saturated rings. The van der Waals surface area contributed by atoms with Gasteiger partial charge in [-0.05, 0) is 0 Å². The number of rotatable bonds is 3. The molecule has 0 radical (unpaired) electrons. The van der Waals surface area contributed by atoms with Crippen LogP contribution in [0.4, 0.5) is 0 Å². The first-order valence-corrected chi connectivity index (χ1v) is 3.00. The monoisotopic (exact) mass is 194 g/mol. The molecule has 0 saturated carbocycles. The van der Waals surface area contributed by atoms with Crippen LogP contribution in [0.2, 0.25) is 0 Å². The minimum atomic E-state index is -1.45. The fourth-order valence-corrected chi connectivity index (χ4v) is 0.494. The van der Waals surface area contributed by atoms with Gasteiger partial charge < -0.3 is 19.8 Å². The van der Waals surface area contributed by atoms with Crippen molar-refractivity contribution in [2.45, 2.75) is 11.2 Å². The van der Waals surface area contributed by atoms with Gasteiger partial charge in [-0.15, -0.1) is 0 Å². The zero-order valence-electron chi connectivity index (χ0n) is 4.30. The summed E-state index contributed by atoms with van der Waals surface area (Å²) in [7, 11) is 0. The SMILES string of the molecule is O=C([O-])C[C@@H](Br)C(=O)[O-]. The van der Waals surface area contributed by atoms with Crippen LogP contribution < -0.4 is 10.2 Å². The molecule has 1 atom stereocenters. The lowest BCUT2D eigenvalue weighted by Crippen LogP contribution is -2.36. The van der Waals surface area contributed by atoms with E-state index in [1.165, 1.54) is 0 Å². The van der Waals surface area contributed by atoms with Gasteiger partial charge in [0.05, 0.1) is 10.8 Å². The normalized spacial score (nSPS) is 12.6. The Morgan fingerprint density at radius 2 is 1.89 bits per heavy atom. The zero-order valence-corrected chi connectivity index (χ0v) is 5.88. The maximum absolute atomic E-state index is 9.79. The van der Waals surface area contributed by atoms with E-state index < -0.39 is 23.2 Å². The fourth-order valence-electron chi connectivity index (χ4n) is 0.230. The smallest absolute Gasteiger partial charge is 0.0593 e. The van der Waals surface area contributed by atoms with Gasteiger partial charge in [-0.25, -0.2) is 0 Å². The zero-order chi connectivity index (χ0) is 7.44. The molecule has 4 nitrogen and oxygen atoms in total. The first-order valence-electron chi connectivity index (χ1n) is 2.09. The third kappa shape index (κ3) is 3.96. The van der Waals surface area contributed by atoms with E-state index in [1.54, 1.807) is 0 Å². The van der Waals surface area contributed by atoms with Crippen LogP contribution in [0.3, 0.4) is 0 Å². The third-order valence-electron chi connectivity index (χ3n) is 0.602. The lowest BCUT2D eigenvalue weighted by Gasteiger charge is -2.09. The van der Waals surface area contributed by atoms with Crippen molar-refractivity contribution in [1.29, 1.82) is 0 Å². The Kier molecular flexibility index (Phi) is 3.22. The molecule has 0 bridgehead atoms. The summed E-state index contributed by atoms with van der Waals surface area (Å²) in [4.78, 5) is 18.3. The number of carbonyl (C=O) groups is 2. The number of carboxylic acid groups (broad SMARTS) is 2. The van der Waals surface area contributed by atoms with Crippen LogP contribution in [0.15, 0.2) is 0 Å². The Labute approximate surface area is 59.6 Å². The Bertz CT molecular complexity index is 133. The van der Waals surface area contributed by atoms with E-state index in [4.69, 9.17) is 0 Å². The molecule has 5 heteroatoms. The summed E-state index contributed by atoms with van der Waals surface area (Å²) in [5.41, 5.74) is 0. The summed E-state index contributed by atoms with van der Waals surface area (Å²) >= 11 is 2.56. The molecule has 0 aliphatic heterocycles. The molecule has 0 spiro atoms. The highest BCUT2D eigenvalue weighted by molar-refractivity contribution is 9.10. The largest absolute Gasteiger partial charge is 0.550 e. The number of hydrogen-bond acceptors (Lipinski definition) is 4. The summed E-state index contributed by atoms with van der Waals surface area (Å²) in [6.07, 6.45) is -0.567. The molecular weight excluding hydrogens is 192 g/mol. The molecule has 0 aromatic carbocycles. The molecule has 0 saturated heterocycles. The summed E-state index contributed by atoms with van der Waals surface area (Å²) in [5.74, 6) is -2.86. The number of carbonyl (C=O) groups excluding carboxylic acids is 2. The Hall–Kier alpha value is -0.580. The van der Waals surface area contributed by atoms with E-state index in [0.717, 1.165) is 0 Å². The summed E-state index contributed by atoms with van der Waals surface area (Å²) in [5, 5.41) is 19.5. The second-order valence-electron chi connectivity index (χ2n) is 1.36. The molecule has 9 heavy (non-hydrogen) atoms. The standard InChI is InChI=1S/C4H5BrO4/c5-2(4(8)9)1-3(6)7/h2H,1H2,(H,6,7)(H,8,9)/p-2/t2-/m1/s1. The molecule has 0 aromatic rings. The van der Waals surface area contributed by atoms with E-state index in [9.17, 15) is 19.8 Å². The van der Waals surface area contributed by atoms with E-state index >= 15 is 0 Å². The van der Waals surface area contributed by atoms with Gasteiger partial charge in [-0.1, -0.05) is 15.9 Å². The van der Waals surface area contributed by atoms with Crippen molar-refractivity contribution < 1.29 is 19.8 Å². The quantitative estimate of drug-likeness (QED) is 0.471. The molecular formula is C4H3BrO4-2. The number of halogens is 1. The molecule has 0 rings (SSSR count).